The summed E-state index contributed by atoms with van der Waals surface area (Å²) in [6.45, 7) is 0. The maximum atomic E-state index is 8.74. The minimum Gasteiger partial charge on any atom is -0.508 e. The van der Waals surface area contributed by atoms with Crippen LogP contribution in [0.1, 0.15) is 0 Å². The third-order valence-electron chi connectivity index (χ3n) is 0.827. The van der Waals surface area contributed by atoms with Gasteiger partial charge >= 0.3 is 0 Å². The van der Waals surface area contributed by atoms with Gasteiger partial charge in [0.25, 0.3) is 0 Å². The second-order valence-corrected chi connectivity index (χ2v) is 2.39. The van der Waals surface area contributed by atoms with Crippen molar-refractivity contribution >= 4 is 33.3 Å². The van der Waals surface area contributed by atoms with Crippen LogP contribution >= 0.6 is 15.9 Å². The molecule has 1 rings (SSSR count). The molecule has 0 radical (unpaired) electrons. The highest BCUT2D eigenvalue weighted by atomic mass is 79.9. The molecule has 0 spiro atoms. The zero-order chi connectivity index (χ0) is 5.98. The van der Waals surface area contributed by atoms with E-state index in [-0.39, 0.29) is 17.4 Å². The highest BCUT2D eigenvalue weighted by Crippen LogP contribution is 2.13. The normalized spacial score (nSPS) is 8.11. The van der Waals surface area contributed by atoms with E-state index in [0.29, 0.717) is 5.75 Å². The van der Waals surface area contributed by atoms with Gasteiger partial charge in [0, 0.05) is 4.47 Å². The zero-order valence-electron chi connectivity index (χ0n) is 4.13. The van der Waals surface area contributed by atoms with Crippen molar-refractivity contribution in [3.05, 3.63) is 28.7 Å². The van der Waals surface area contributed by atoms with Crippen molar-refractivity contribution in [3.63, 3.8) is 0 Å². The van der Waals surface area contributed by atoms with Crippen LogP contribution in [0.4, 0.5) is 0 Å². The Bertz CT molecular complexity index is 152. The molecular weight excluding hydrogens is 195 g/mol. The van der Waals surface area contributed by atoms with E-state index >= 15 is 0 Å². The number of rotatable bonds is 0. The zero-order valence-corrected chi connectivity index (χ0v) is 5.72. The first-order valence-corrected chi connectivity index (χ1v) is 3.03. The van der Waals surface area contributed by atoms with Gasteiger partial charge in [-0.2, -0.15) is 0 Å². The lowest BCUT2D eigenvalue weighted by Gasteiger charge is -1.87. The van der Waals surface area contributed by atoms with E-state index in [1.165, 1.54) is 0 Å². The highest BCUT2D eigenvalue weighted by molar-refractivity contribution is 9.10. The molecule has 0 aliphatic carbocycles. The maximum absolute atomic E-state index is 8.74. The molecule has 0 aromatic heterocycles. The van der Waals surface area contributed by atoms with Crippen LogP contribution in [-0.4, -0.2) is 22.5 Å². The van der Waals surface area contributed by atoms with Crippen molar-refractivity contribution < 1.29 is 5.11 Å². The van der Waals surface area contributed by atoms with Gasteiger partial charge in [-0.05, 0) is 24.3 Å². The Hall–Kier alpha value is 0.0325. The van der Waals surface area contributed by atoms with Crippen LogP contribution in [0.3, 0.4) is 0 Å². The van der Waals surface area contributed by atoms with E-state index in [2.05, 4.69) is 15.9 Å². The van der Waals surface area contributed by atoms with Crippen molar-refractivity contribution in [2.45, 2.75) is 0 Å². The number of halogens is 1. The molecule has 0 aliphatic rings. The Kier molecular flexibility index (Phi) is 3.96. The SMILES string of the molecule is Oc1ccc(Br)cc1.[AlH3]. The predicted molar refractivity (Wildman–Crippen MR) is 45.7 cm³/mol. The van der Waals surface area contributed by atoms with Crippen LogP contribution < -0.4 is 0 Å². The summed E-state index contributed by atoms with van der Waals surface area (Å²) >= 11 is 3.23. The Balaban J connectivity index is 0.000000640. The van der Waals surface area contributed by atoms with Crippen molar-refractivity contribution in [3.8, 4) is 5.75 Å². The van der Waals surface area contributed by atoms with Gasteiger partial charge in [0.2, 0.25) is 0 Å². The summed E-state index contributed by atoms with van der Waals surface area (Å²) in [5, 5.41) is 8.74. The summed E-state index contributed by atoms with van der Waals surface area (Å²) in [4.78, 5) is 0. The molecule has 9 heavy (non-hydrogen) atoms. The Morgan fingerprint density at radius 3 is 1.89 bits per heavy atom. The monoisotopic (exact) mass is 202 g/mol. The van der Waals surface area contributed by atoms with Gasteiger partial charge < -0.3 is 5.11 Å². The molecule has 1 aromatic carbocycles. The Morgan fingerprint density at radius 2 is 1.56 bits per heavy atom. The maximum Gasteiger partial charge on any atom is 0.187 e. The first-order valence-electron chi connectivity index (χ1n) is 2.23. The van der Waals surface area contributed by atoms with Gasteiger partial charge in [0.15, 0.2) is 17.4 Å². The second kappa shape index (κ2) is 3.95. The highest BCUT2D eigenvalue weighted by Gasteiger charge is 1.83. The predicted octanol–water partition coefficient (Wildman–Crippen LogP) is 0.971. The van der Waals surface area contributed by atoms with Crippen LogP contribution in [0.25, 0.3) is 0 Å². The molecule has 48 valence electrons. The molecule has 0 heterocycles. The molecule has 0 saturated heterocycles. The molecule has 0 unspecified atom stereocenters. The van der Waals surface area contributed by atoms with Gasteiger partial charge in [-0.15, -0.1) is 0 Å². The molecular formula is C6H8AlBrO. The molecule has 1 N–H and O–H groups in total. The largest absolute Gasteiger partial charge is 0.508 e. The molecule has 0 atom stereocenters. The van der Waals surface area contributed by atoms with Crippen LogP contribution in [-0.2, 0) is 0 Å². The third kappa shape index (κ3) is 2.90. The quantitative estimate of drug-likeness (QED) is 0.623. The molecule has 0 aliphatic heterocycles. The molecule has 0 bridgehead atoms. The molecule has 0 fully saturated rings. The average Bonchev–Trinajstić information content (AvgIpc) is 1.77. The number of hydrogen-bond acceptors (Lipinski definition) is 1. The van der Waals surface area contributed by atoms with Crippen LogP contribution in [0, 0.1) is 0 Å². The van der Waals surface area contributed by atoms with Crippen LogP contribution in [0.5, 0.6) is 5.75 Å². The minimum atomic E-state index is 0. The number of phenolic OH excluding ortho intramolecular Hbond substituents is 1. The third-order valence-corrected chi connectivity index (χ3v) is 1.36. The van der Waals surface area contributed by atoms with Gasteiger partial charge in [-0.3, -0.25) is 0 Å². The van der Waals surface area contributed by atoms with Crippen LogP contribution in [0.2, 0.25) is 0 Å². The molecule has 0 saturated carbocycles. The fourth-order valence-electron chi connectivity index (χ4n) is 0.441. The molecule has 3 heteroatoms. The van der Waals surface area contributed by atoms with E-state index in [1.54, 1.807) is 24.3 Å². The summed E-state index contributed by atoms with van der Waals surface area (Å²) in [7, 11) is 0. The van der Waals surface area contributed by atoms with E-state index in [9.17, 15) is 0 Å². The minimum absolute atomic E-state index is 0. The van der Waals surface area contributed by atoms with Crippen molar-refractivity contribution in [2.24, 2.45) is 0 Å². The van der Waals surface area contributed by atoms with E-state index in [4.69, 9.17) is 5.11 Å². The lowest BCUT2D eigenvalue weighted by atomic mass is 10.3. The number of phenols is 1. The van der Waals surface area contributed by atoms with Crippen molar-refractivity contribution in [1.82, 2.24) is 0 Å². The van der Waals surface area contributed by atoms with Gasteiger partial charge in [-0.25, -0.2) is 0 Å². The number of benzene rings is 1. The Morgan fingerprint density at radius 1 is 1.11 bits per heavy atom. The number of hydrogen-bond donors (Lipinski definition) is 1. The standard InChI is InChI=1S/C6H5BrO.Al.3H/c7-5-1-3-6(8)4-2-5;;;;/h1-4,8H;;;;. The van der Waals surface area contributed by atoms with Crippen molar-refractivity contribution in [1.29, 1.82) is 0 Å². The van der Waals surface area contributed by atoms with Crippen molar-refractivity contribution in [2.75, 3.05) is 0 Å². The van der Waals surface area contributed by atoms with Gasteiger partial charge in [-0.1, -0.05) is 15.9 Å². The summed E-state index contributed by atoms with van der Waals surface area (Å²) < 4.78 is 0.982. The smallest absolute Gasteiger partial charge is 0.187 e. The molecule has 0 amide bonds. The van der Waals surface area contributed by atoms with Crippen LogP contribution in [0.15, 0.2) is 28.7 Å². The lowest BCUT2D eigenvalue weighted by molar-refractivity contribution is 0.475. The summed E-state index contributed by atoms with van der Waals surface area (Å²) in [5.74, 6) is 0.299. The lowest BCUT2D eigenvalue weighted by Crippen LogP contribution is -1.61. The van der Waals surface area contributed by atoms with E-state index in [0.717, 1.165) is 4.47 Å². The summed E-state index contributed by atoms with van der Waals surface area (Å²) in [5.41, 5.74) is 0. The molecule has 1 nitrogen and oxygen atoms in total. The van der Waals surface area contributed by atoms with E-state index < -0.39 is 0 Å². The first-order chi connectivity index (χ1) is 3.79. The fourth-order valence-corrected chi connectivity index (χ4v) is 0.705. The summed E-state index contributed by atoms with van der Waals surface area (Å²) in [6.07, 6.45) is 0. The number of aromatic hydroxyl groups is 1. The topological polar surface area (TPSA) is 20.2 Å². The molecule has 1 aromatic rings. The summed E-state index contributed by atoms with van der Waals surface area (Å²) in [6, 6.07) is 6.83. The van der Waals surface area contributed by atoms with Gasteiger partial charge in [0.1, 0.15) is 5.75 Å². The van der Waals surface area contributed by atoms with E-state index in [1.807, 2.05) is 0 Å². The van der Waals surface area contributed by atoms with Gasteiger partial charge in [0.05, 0.1) is 0 Å². The first kappa shape index (κ1) is 9.03. The Labute approximate surface area is 73.0 Å². The fraction of sp³-hybridized carbons (Fsp3) is 0. The second-order valence-electron chi connectivity index (χ2n) is 1.48. The average molecular weight is 203 g/mol.